The molecule has 192 valence electrons. The maximum atomic E-state index is 12.9. The molecule has 11 atom stereocenters. The van der Waals surface area contributed by atoms with E-state index < -0.39 is 88.0 Å². The Labute approximate surface area is 207 Å². The summed E-state index contributed by atoms with van der Waals surface area (Å²) in [6.07, 6.45) is -3.13. The van der Waals surface area contributed by atoms with E-state index in [1.165, 1.54) is 26.8 Å². The molecule has 11 heteroatoms. The first-order chi connectivity index (χ1) is 16.1. The molecular weight excluding hydrogens is 484 g/mol. The molecule has 4 rings (SSSR count). The van der Waals surface area contributed by atoms with E-state index in [1.807, 2.05) is 0 Å². The average Bonchev–Trinajstić information content (AvgIpc) is 3.50. The summed E-state index contributed by atoms with van der Waals surface area (Å²) < 4.78 is 22.6. The molecule has 0 aromatic carbocycles. The van der Waals surface area contributed by atoms with Gasteiger partial charge in [-0.2, -0.15) is 0 Å². The Morgan fingerprint density at radius 1 is 1.11 bits per heavy atom. The normalized spacial score (nSPS) is 48.7. The van der Waals surface area contributed by atoms with Crippen LogP contribution in [0.2, 0.25) is 0 Å². The minimum Gasteiger partial charge on any atom is -0.459 e. The lowest BCUT2D eigenvalue weighted by Gasteiger charge is -2.54. The third-order valence-corrected chi connectivity index (χ3v) is 8.39. The van der Waals surface area contributed by atoms with Crippen molar-refractivity contribution in [3.63, 3.8) is 0 Å². The Morgan fingerprint density at radius 2 is 1.69 bits per heavy atom. The highest BCUT2D eigenvalue weighted by molar-refractivity contribution is 6.23. The van der Waals surface area contributed by atoms with Crippen LogP contribution in [0.15, 0.2) is 24.3 Å². The van der Waals surface area contributed by atoms with Gasteiger partial charge in [-0.1, -0.05) is 19.6 Å². The quantitative estimate of drug-likeness (QED) is 0.177. The second-order valence-corrected chi connectivity index (χ2v) is 10.7. The average molecular weight is 513 g/mol. The fourth-order valence-electron chi connectivity index (χ4n) is 5.98. The van der Waals surface area contributed by atoms with Crippen molar-refractivity contribution in [1.82, 2.24) is 0 Å². The molecule has 4 aliphatic rings. The smallest absolute Gasteiger partial charge is 0.312 e. The Kier molecular flexibility index (Phi) is 5.99. The molecule has 3 fully saturated rings. The summed E-state index contributed by atoms with van der Waals surface area (Å²) in [5, 5.41) is 22.5. The third-order valence-electron chi connectivity index (χ3n) is 7.88. The van der Waals surface area contributed by atoms with Crippen molar-refractivity contribution < 1.29 is 48.3 Å². The van der Waals surface area contributed by atoms with Gasteiger partial charge < -0.3 is 29.2 Å². The van der Waals surface area contributed by atoms with Crippen LogP contribution in [-0.2, 0) is 38.1 Å². The molecule has 0 aromatic heterocycles. The van der Waals surface area contributed by atoms with Crippen molar-refractivity contribution in [1.29, 1.82) is 0 Å². The molecule has 0 bridgehead atoms. The van der Waals surface area contributed by atoms with Crippen molar-refractivity contribution in [2.75, 3.05) is 0 Å². The molecule has 11 unspecified atom stereocenters. The van der Waals surface area contributed by atoms with Crippen molar-refractivity contribution in [2.24, 2.45) is 17.3 Å². The van der Waals surface area contributed by atoms with Crippen molar-refractivity contribution >= 4 is 35.3 Å². The van der Waals surface area contributed by atoms with Gasteiger partial charge in [0, 0.05) is 25.2 Å². The second-order valence-electron chi connectivity index (χ2n) is 10.2. The second kappa shape index (κ2) is 8.12. The summed E-state index contributed by atoms with van der Waals surface area (Å²) in [6, 6.07) is 0. The molecule has 0 radical (unpaired) electrons. The van der Waals surface area contributed by atoms with Crippen LogP contribution in [0.4, 0.5) is 0 Å². The molecular formula is C24H29ClO10. The zero-order valence-electron chi connectivity index (χ0n) is 20.0. The van der Waals surface area contributed by atoms with Gasteiger partial charge in [0.2, 0.25) is 0 Å². The number of esters is 3. The number of epoxide rings is 1. The molecule has 2 aliphatic carbocycles. The van der Waals surface area contributed by atoms with Gasteiger partial charge in [-0.25, -0.2) is 0 Å². The number of hydrogen-bond donors (Lipinski definition) is 2. The molecule has 2 N–H and O–H groups in total. The first-order valence-electron chi connectivity index (χ1n) is 11.3. The molecule has 2 aliphatic heterocycles. The van der Waals surface area contributed by atoms with E-state index in [9.17, 15) is 29.4 Å². The van der Waals surface area contributed by atoms with E-state index in [0.29, 0.717) is 0 Å². The highest BCUT2D eigenvalue weighted by Gasteiger charge is 2.73. The number of carbonyl (C=O) groups is 4. The fourth-order valence-corrected chi connectivity index (χ4v) is 6.35. The number of fused-ring (bicyclic) bond motifs is 3. The van der Waals surface area contributed by atoms with Crippen LogP contribution in [-0.4, -0.2) is 81.0 Å². The van der Waals surface area contributed by atoms with Crippen molar-refractivity contribution in [3.8, 4) is 0 Å². The summed E-state index contributed by atoms with van der Waals surface area (Å²) in [5.41, 5.74) is -5.67. The first kappa shape index (κ1) is 25.8. The third kappa shape index (κ3) is 3.64. The van der Waals surface area contributed by atoms with Gasteiger partial charge in [-0.05, 0) is 25.5 Å². The largest absolute Gasteiger partial charge is 0.459 e. The van der Waals surface area contributed by atoms with E-state index >= 15 is 0 Å². The summed E-state index contributed by atoms with van der Waals surface area (Å²) >= 11 is 6.67. The highest BCUT2D eigenvalue weighted by Crippen LogP contribution is 2.57. The van der Waals surface area contributed by atoms with E-state index in [0.717, 1.165) is 13.0 Å². The summed E-state index contributed by atoms with van der Waals surface area (Å²) in [5.74, 6) is -5.72. The Bertz CT molecular complexity index is 1040. The van der Waals surface area contributed by atoms with E-state index in [2.05, 4.69) is 6.58 Å². The molecule has 1 saturated carbocycles. The molecule has 0 aromatic rings. The predicted octanol–water partition coefficient (Wildman–Crippen LogP) is 0.599. The van der Waals surface area contributed by atoms with Gasteiger partial charge >= 0.3 is 17.9 Å². The zero-order chi connectivity index (χ0) is 26.2. The van der Waals surface area contributed by atoms with Gasteiger partial charge in [0.05, 0.1) is 11.3 Å². The topological polar surface area (TPSA) is 149 Å². The lowest BCUT2D eigenvalue weighted by Crippen LogP contribution is -2.70. The number of hydrogen-bond acceptors (Lipinski definition) is 10. The Hall–Kier alpha value is -2.27. The highest BCUT2D eigenvalue weighted by atomic mass is 35.5. The maximum absolute atomic E-state index is 12.9. The summed E-state index contributed by atoms with van der Waals surface area (Å²) in [4.78, 5) is 50.1. The minimum absolute atomic E-state index is 0.269. The van der Waals surface area contributed by atoms with Crippen LogP contribution in [0.5, 0.6) is 0 Å². The number of halogens is 1. The number of aliphatic hydroxyl groups is 2. The summed E-state index contributed by atoms with van der Waals surface area (Å²) in [6.45, 7) is 10.5. The van der Waals surface area contributed by atoms with Crippen LogP contribution in [0.3, 0.4) is 0 Å². The Balaban J connectivity index is 2.04. The maximum Gasteiger partial charge on any atom is 0.312 e. The molecule has 35 heavy (non-hydrogen) atoms. The lowest BCUT2D eigenvalue weighted by molar-refractivity contribution is -0.228. The molecule has 0 spiro atoms. The predicted molar refractivity (Wildman–Crippen MR) is 119 cm³/mol. The SMILES string of the molecule is C=C1C(Cl)C2OC(=O)C(C)C2(O)C(OC(C)=O)C2C(C)(O)C(=O)C=CC2(C)C(OC(C)=O)C2OC12. The van der Waals surface area contributed by atoms with Crippen LogP contribution in [0.1, 0.15) is 34.6 Å². The number of ether oxygens (including phenoxy) is 4. The van der Waals surface area contributed by atoms with E-state index in [-0.39, 0.29) is 5.57 Å². The standard InChI is InChI=1S/C24H29ClO10/c1-9-14(25)18-24(31,10(2)21(29)35-18)20(33-12(4)27)17-22(5,8-7-13(28)23(17,6)30)19(32-11(3)26)16-15(9)34-16/h7-8,10,14-20,30-31H,1H2,2-6H3. The fraction of sp³-hybridized carbons (Fsp3) is 0.667. The van der Waals surface area contributed by atoms with Crippen LogP contribution in [0, 0.1) is 17.3 Å². The first-order valence-corrected chi connectivity index (χ1v) is 11.7. The summed E-state index contributed by atoms with van der Waals surface area (Å²) in [7, 11) is 0. The van der Waals surface area contributed by atoms with Crippen LogP contribution >= 0.6 is 11.6 Å². The molecule has 2 saturated heterocycles. The van der Waals surface area contributed by atoms with Crippen molar-refractivity contribution in [2.45, 2.75) is 81.7 Å². The number of carbonyl (C=O) groups excluding carboxylic acids is 4. The molecule has 2 heterocycles. The number of alkyl halides is 1. The van der Waals surface area contributed by atoms with Crippen molar-refractivity contribution in [3.05, 3.63) is 24.3 Å². The van der Waals surface area contributed by atoms with Crippen LogP contribution < -0.4 is 0 Å². The van der Waals surface area contributed by atoms with Crippen LogP contribution in [0.25, 0.3) is 0 Å². The molecule has 0 amide bonds. The zero-order valence-corrected chi connectivity index (χ0v) is 20.8. The number of ketones is 1. The van der Waals surface area contributed by atoms with Gasteiger partial charge in [-0.3, -0.25) is 19.2 Å². The number of rotatable bonds is 2. The van der Waals surface area contributed by atoms with Gasteiger partial charge in [0.25, 0.3) is 0 Å². The Morgan fingerprint density at radius 3 is 2.26 bits per heavy atom. The minimum atomic E-state index is -2.29. The van der Waals surface area contributed by atoms with Gasteiger partial charge in [0.1, 0.15) is 30.0 Å². The monoisotopic (exact) mass is 512 g/mol. The van der Waals surface area contributed by atoms with E-state index in [4.69, 9.17) is 30.5 Å². The molecule has 10 nitrogen and oxygen atoms in total. The van der Waals surface area contributed by atoms with Gasteiger partial charge in [0.15, 0.2) is 17.5 Å². The lowest BCUT2D eigenvalue weighted by atomic mass is 9.54. The van der Waals surface area contributed by atoms with E-state index in [1.54, 1.807) is 6.92 Å². The van der Waals surface area contributed by atoms with Gasteiger partial charge in [-0.15, -0.1) is 11.6 Å².